The number of carbonyl (C=O) groups is 2. The Bertz CT molecular complexity index is 1010. The summed E-state index contributed by atoms with van der Waals surface area (Å²) in [5.74, 6) is -0.0552. The second kappa shape index (κ2) is 12.1. The Morgan fingerprint density at radius 2 is 1.91 bits per heavy atom. The van der Waals surface area contributed by atoms with Gasteiger partial charge < -0.3 is 14.5 Å². The van der Waals surface area contributed by atoms with Crippen molar-refractivity contribution in [2.45, 2.75) is 53.1 Å². The van der Waals surface area contributed by atoms with Crippen LogP contribution in [-0.2, 0) is 27.3 Å². The molecule has 0 saturated heterocycles. The first-order valence-electron chi connectivity index (χ1n) is 11.7. The number of carbonyl (C=O) groups excluding carboxylic acids is 2. The van der Waals surface area contributed by atoms with Crippen LogP contribution in [-0.4, -0.2) is 72.5 Å². The fourth-order valence-corrected chi connectivity index (χ4v) is 5.39. The van der Waals surface area contributed by atoms with E-state index in [0.717, 1.165) is 46.3 Å². The Kier molecular flexibility index (Phi) is 9.47. The summed E-state index contributed by atoms with van der Waals surface area (Å²) in [7, 11) is 1.52. The zero-order valence-electron chi connectivity index (χ0n) is 20.8. The van der Waals surface area contributed by atoms with Crippen molar-refractivity contribution >= 4 is 40.4 Å². The number of nitrogens with zero attached hydrogens (tertiary/aromatic N) is 4. The van der Waals surface area contributed by atoms with E-state index in [1.165, 1.54) is 7.11 Å². The summed E-state index contributed by atoms with van der Waals surface area (Å²) in [4.78, 5) is 38.0. The van der Waals surface area contributed by atoms with Gasteiger partial charge in [0.1, 0.15) is 6.61 Å². The van der Waals surface area contributed by atoms with E-state index in [4.69, 9.17) is 16.3 Å². The van der Waals surface area contributed by atoms with Gasteiger partial charge in [0.25, 0.3) is 5.91 Å². The zero-order valence-corrected chi connectivity index (χ0v) is 22.3. The predicted octanol–water partition coefficient (Wildman–Crippen LogP) is 4.08. The number of fused-ring (bicyclic) bond motifs is 1. The van der Waals surface area contributed by atoms with Gasteiger partial charge in [-0.05, 0) is 51.8 Å². The first kappa shape index (κ1) is 26.6. The molecular weight excluding hydrogens is 472 g/mol. The third-order valence-corrected chi connectivity index (χ3v) is 7.45. The summed E-state index contributed by atoms with van der Waals surface area (Å²) >= 11 is 7.93. The molecule has 1 aromatic carbocycles. The van der Waals surface area contributed by atoms with Crippen molar-refractivity contribution < 1.29 is 14.3 Å². The van der Waals surface area contributed by atoms with Crippen molar-refractivity contribution in [2.75, 3.05) is 44.8 Å². The maximum Gasteiger partial charge on any atom is 0.252 e. The van der Waals surface area contributed by atoms with E-state index < -0.39 is 0 Å². The number of hydrogen-bond donors (Lipinski definition) is 0. The molecule has 0 radical (unpaired) electrons. The first-order chi connectivity index (χ1) is 16.2. The summed E-state index contributed by atoms with van der Waals surface area (Å²) in [5, 5.41) is 1.53. The molecule has 0 N–H and O–H groups in total. The number of aryl methyl sites for hydroxylation is 2. The number of amides is 2. The van der Waals surface area contributed by atoms with E-state index in [1.54, 1.807) is 16.2 Å². The molecule has 1 aliphatic heterocycles. The number of anilines is 1. The van der Waals surface area contributed by atoms with Crippen molar-refractivity contribution in [3.8, 4) is 0 Å². The highest BCUT2D eigenvalue weighted by atomic mass is 35.5. The van der Waals surface area contributed by atoms with Crippen LogP contribution >= 0.6 is 22.9 Å². The molecule has 186 valence electrons. The fourth-order valence-electron chi connectivity index (χ4n) is 4.30. The Balaban J connectivity index is 1.97. The van der Waals surface area contributed by atoms with Crippen molar-refractivity contribution in [3.63, 3.8) is 0 Å². The zero-order chi connectivity index (χ0) is 24.8. The van der Waals surface area contributed by atoms with Crippen molar-refractivity contribution in [1.29, 1.82) is 0 Å². The quantitative estimate of drug-likeness (QED) is 0.611. The first-order valence-corrected chi connectivity index (χ1v) is 12.9. The van der Waals surface area contributed by atoms with Crippen LogP contribution in [0.4, 0.5) is 5.69 Å². The predicted molar refractivity (Wildman–Crippen MR) is 138 cm³/mol. The van der Waals surface area contributed by atoms with E-state index in [0.29, 0.717) is 37.1 Å². The molecule has 9 heteroatoms. The molecule has 0 atom stereocenters. The molecule has 3 rings (SSSR count). The van der Waals surface area contributed by atoms with Gasteiger partial charge in [-0.2, -0.15) is 0 Å². The average molecular weight is 507 g/mol. The molecule has 34 heavy (non-hydrogen) atoms. The van der Waals surface area contributed by atoms with E-state index in [-0.39, 0.29) is 18.4 Å². The fraction of sp³-hybridized carbons (Fsp3) is 0.560. The number of aromatic nitrogens is 1. The second-order valence-corrected chi connectivity index (χ2v) is 10.7. The molecule has 1 aliphatic rings. The van der Waals surface area contributed by atoms with Gasteiger partial charge >= 0.3 is 0 Å². The van der Waals surface area contributed by atoms with Crippen LogP contribution in [0.3, 0.4) is 0 Å². The molecule has 2 heterocycles. The molecule has 7 nitrogen and oxygen atoms in total. The monoisotopic (exact) mass is 506 g/mol. The third kappa shape index (κ3) is 6.78. The molecule has 0 spiro atoms. The molecule has 0 bridgehead atoms. The summed E-state index contributed by atoms with van der Waals surface area (Å²) in [6.45, 7) is 11.4. The minimum Gasteiger partial charge on any atom is -0.375 e. The van der Waals surface area contributed by atoms with Crippen LogP contribution in [0.15, 0.2) is 18.2 Å². The maximum absolute atomic E-state index is 13.5. The minimum atomic E-state index is -0.116. The topological polar surface area (TPSA) is 66.0 Å². The number of halogens is 1. The summed E-state index contributed by atoms with van der Waals surface area (Å²) in [6.07, 6.45) is 1.14. The van der Waals surface area contributed by atoms with E-state index in [2.05, 4.69) is 23.7 Å². The lowest BCUT2D eigenvalue weighted by molar-refractivity contribution is -0.131. The van der Waals surface area contributed by atoms with Crippen LogP contribution in [0.5, 0.6) is 0 Å². The van der Waals surface area contributed by atoms with Crippen LogP contribution in [0, 0.1) is 13.8 Å². The Morgan fingerprint density at radius 3 is 2.56 bits per heavy atom. The molecular formula is C25H35ClN4O3S. The summed E-state index contributed by atoms with van der Waals surface area (Å²) in [6, 6.07) is 5.90. The van der Waals surface area contributed by atoms with Crippen LogP contribution in [0.2, 0.25) is 5.02 Å². The molecule has 0 saturated carbocycles. The third-order valence-electron chi connectivity index (χ3n) is 6.15. The van der Waals surface area contributed by atoms with Crippen LogP contribution in [0.25, 0.3) is 0 Å². The Labute approximate surface area is 211 Å². The molecule has 2 amide bonds. The van der Waals surface area contributed by atoms with Crippen molar-refractivity contribution in [1.82, 2.24) is 14.8 Å². The maximum atomic E-state index is 13.5. The number of thiazole rings is 1. The van der Waals surface area contributed by atoms with Crippen LogP contribution < -0.4 is 4.90 Å². The number of ether oxygens (including phenoxy) is 1. The van der Waals surface area contributed by atoms with Gasteiger partial charge in [0.05, 0.1) is 22.8 Å². The smallest absolute Gasteiger partial charge is 0.252 e. The van der Waals surface area contributed by atoms with Crippen molar-refractivity contribution in [3.05, 3.63) is 44.4 Å². The SMILES string of the molecule is COCC(=O)N1CCCN(C(C)C)CCN(C(=O)Cc2sc(C)nc2C)Cc2ccc(Cl)cc21. The number of rotatable bonds is 5. The Morgan fingerprint density at radius 1 is 1.15 bits per heavy atom. The van der Waals surface area contributed by atoms with Gasteiger partial charge in [-0.25, -0.2) is 4.98 Å². The highest BCUT2D eigenvalue weighted by molar-refractivity contribution is 7.11. The van der Waals surface area contributed by atoms with Crippen molar-refractivity contribution in [2.24, 2.45) is 0 Å². The largest absolute Gasteiger partial charge is 0.375 e. The normalized spacial score (nSPS) is 15.9. The summed E-state index contributed by atoms with van der Waals surface area (Å²) < 4.78 is 5.15. The van der Waals surface area contributed by atoms with Gasteiger partial charge in [-0.15, -0.1) is 11.3 Å². The van der Waals surface area contributed by atoms with Gasteiger partial charge in [0.2, 0.25) is 5.91 Å². The Hall–Kier alpha value is -2.00. The number of benzene rings is 1. The standard InChI is InChI=1S/C25H35ClN4O3S/c1-17(2)28-9-6-10-30(25(32)16-33-5)22-13-21(26)8-7-20(22)15-29(12-11-28)24(31)14-23-18(3)27-19(4)34-23/h7-8,13,17H,6,9-12,14-16H2,1-5H3. The lowest BCUT2D eigenvalue weighted by Crippen LogP contribution is -2.42. The van der Waals surface area contributed by atoms with Gasteiger partial charge in [-0.3, -0.25) is 14.5 Å². The molecule has 0 unspecified atom stereocenters. The average Bonchev–Trinajstić information content (AvgIpc) is 3.07. The molecule has 2 aromatic rings. The van der Waals surface area contributed by atoms with Gasteiger partial charge in [-0.1, -0.05) is 17.7 Å². The highest BCUT2D eigenvalue weighted by Crippen LogP contribution is 2.28. The second-order valence-electron chi connectivity index (χ2n) is 8.97. The van der Waals surface area contributed by atoms with Crippen LogP contribution in [0.1, 0.15) is 41.4 Å². The number of methoxy groups -OCH3 is 1. The van der Waals surface area contributed by atoms with Gasteiger partial charge in [0, 0.05) is 55.8 Å². The molecule has 1 aromatic heterocycles. The van der Waals surface area contributed by atoms with E-state index in [1.807, 2.05) is 36.9 Å². The van der Waals surface area contributed by atoms with E-state index in [9.17, 15) is 9.59 Å². The minimum absolute atomic E-state index is 0.00744. The highest BCUT2D eigenvalue weighted by Gasteiger charge is 2.25. The van der Waals surface area contributed by atoms with E-state index >= 15 is 0 Å². The molecule has 0 fully saturated rings. The lowest BCUT2D eigenvalue weighted by Gasteiger charge is -2.30. The van der Waals surface area contributed by atoms with Gasteiger partial charge in [0.15, 0.2) is 0 Å². The summed E-state index contributed by atoms with van der Waals surface area (Å²) in [5.41, 5.74) is 2.56. The number of hydrogen-bond acceptors (Lipinski definition) is 6. The lowest BCUT2D eigenvalue weighted by atomic mass is 10.1. The molecule has 0 aliphatic carbocycles.